The highest BCUT2D eigenvalue weighted by molar-refractivity contribution is 5.46. The molecule has 2 aliphatic rings. The zero-order valence-electron chi connectivity index (χ0n) is 12.1. The Balaban J connectivity index is 1.67. The van der Waals surface area contributed by atoms with Crippen molar-refractivity contribution in [2.24, 2.45) is 0 Å². The van der Waals surface area contributed by atoms with E-state index in [0.29, 0.717) is 6.10 Å². The summed E-state index contributed by atoms with van der Waals surface area (Å²) in [4.78, 5) is 0. The number of hydrogen-bond donors (Lipinski definition) is 1. The van der Waals surface area contributed by atoms with E-state index in [2.05, 4.69) is 5.10 Å². The Hall–Kier alpha value is -1.03. The summed E-state index contributed by atoms with van der Waals surface area (Å²) < 4.78 is 8.42. The SMILES string of the molecule is Cc1nn(CC2CCC3(CCCCC3)O2)c(C)c1N. The molecular weight excluding hydrogens is 238 g/mol. The van der Waals surface area contributed by atoms with Gasteiger partial charge >= 0.3 is 0 Å². The van der Waals surface area contributed by atoms with Gasteiger partial charge in [-0.1, -0.05) is 19.3 Å². The van der Waals surface area contributed by atoms with Gasteiger partial charge in [0.2, 0.25) is 0 Å². The number of nitrogens with two attached hydrogens (primary N) is 1. The Morgan fingerprint density at radius 3 is 2.63 bits per heavy atom. The second-order valence-electron chi connectivity index (χ2n) is 6.29. The van der Waals surface area contributed by atoms with E-state index >= 15 is 0 Å². The van der Waals surface area contributed by atoms with Gasteiger partial charge in [0.1, 0.15) is 0 Å². The van der Waals surface area contributed by atoms with E-state index in [4.69, 9.17) is 10.5 Å². The summed E-state index contributed by atoms with van der Waals surface area (Å²) in [6, 6.07) is 0. The molecule has 0 amide bonds. The molecule has 2 N–H and O–H groups in total. The van der Waals surface area contributed by atoms with Crippen LogP contribution in [0.15, 0.2) is 0 Å². The van der Waals surface area contributed by atoms with Crippen molar-refractivity contribution in [3.63, 3.8) is 0 Å². The number of ether oxygens (including phenoxy) is 1. The predicted octanol–water partition coefficient (Wildman–Crippen LogP) is 2.96. The summed E-state index contributed by atoms with van der Waals surface area (Å²) in [6.45, 7) is 4.86. The summed E-state index contributed by atoms with van der Waals surface area (Å²) >= 11 is 0. The third-order valence-corrected chi connectivity index (χ3v) is 4.92. The van der Waals surface area contributed by atoms with Crippen molar-refractivity contribution in [2.45, 2.75) is 77.0 Å². The standard InChI is InChI=1S/C15H25N3O/c1-11-14(16)12(2)18(17-11)10-13-6-9-15(19-13)7-4-3-5-8-15/h13H,3-10,16H2,1-2H3. The lowest BCUT2D eigenvalue weighted by Crippen LogP contribution is -2.32. The zero-order valence-corrected chi connectivity index (χ0v) is 12.1. The third kappa shape index (κ3) is 2.38. The second kappa shape index (κ2) is 4.82. The molecule has 1 aromatic heterocycles. The molecule has 1 unspecified atom stereocenters. The topological polar surface area (TPSA) is 53.1 Å². The molecule has 4 nitrogen and oxygen atoms in total. The van der Waals surface area contributed by atoms with Gasteiger partial charge in [0.25, 0.3) is 0 Å². The molecule has 1 spiro atoms. The van der Waals surface area contributed by atoms with Crippen LogP contribution in [0.2, 0.25) is 0 Å². The number of nitrogens with zero attached hydrogens (tertiary/aromatic N) is 2. The van der Waals surface area contributed by atoms with E-state index < -0.39 is 0 Å². The first kappa shape index (κ1) is 13.0. The fourth-order valence-corrected chi connectivity index (χ4v) is 3.67. The fraction of sp³-hybridized carbons (Fsp3) is 0.800. The highest BCUT2D eigenvalue weighted by Gasteiger charge is 2.40. The minimum Gasteiger partial charge on any atom is -0.396 e. The molecule has 0 aromatic carbocycles. The third-order valence-electron chi connectivity index (χ3n) is 4.92. The molecule has 106 valence electrons. The first-order valence-corrected chi connectivity index (χ1v) is 7.57. The van der Waals surface area contributed by atoms with Crippen molar-refractivity contribution in [2.75, 3.05) is 5.73 Å². The van der Waals surface area contributed by atoms with E-state index in [1.165, 1.54) is 38.5 Å². The Morgan fingerprint density at radius 2 is 2.00 bits per heavy atom. The number of anilines is 1. The van der Waals surface area contributed by atoms with E-state index in [0.717, 1.165) is 30.0 Å². The number of hydrogen-bond acceptors (Lipinski definition) is 3. The maximum Gasteiger partial charge on any atom is 0.0825 e. The second-order valence-corrected chi connectivity index (χ2v) is 6.29. The minimum absolute atomic E-state index is 0.199. The summed E-state index contributed by atoms with van der Waals surface area (Å²) in [7, 11) is 0. The smallest absolute Gasteiger partial charge is 0.0825 e. The zero-order chi connectivity index (χ0) is 13.5. The van der Waals surface area contributed by atoms with Gasteiger partial charge < -0.3 is 10.5 Å². The van der Waals surface area contributed by atoms with Gasteiger partial charge in [-0.2, -0.15) is 5.10 Å². The molecule has 2 fully saturated rings. The normalized spacial score (nSPS) is 26.1. The van der Waals surface area contributed by atoms with Gasteiger partial charge in [0.15, 0.2) is 0 Å². The molecule has 1 saturated heterocycles. The van der Waals surface area contributed by atoms with Gasteiger partial charge in [0, 0.05) is 0 Å². The van der Waals surface area contributed by atoms with Crippen LogP contribution in [-0.4, -0.2) is 21.5 Å². The average Bonchev–Trinajstić information content (AvgIpc) is 2.89. The van der Waals surface area contributed by atoms with Crippen molar-refractivity contribution in [1.29, 1.82) is 0 Å². The number of rotatable bonds is 2. The summed E-state index contributed by atoms with van der Waals surface area (Å²) in [5.74, 6) is 0. The van der Waals surface area contributed by atoms with Crippen molar-refractivity contribution in [3.05, 3.63) is 11.4 Å². The summed E-state index contributed by atoms with van der Waals surface area (Å²) in [5.41, 5.74) is 9.02. The van der Waals surface area contributed by atoms with Gasteiger partial charge in [-0.05, 0) is 39.5 Å². The largest absolute Gasteiger partial charge is 0.396 e. The molecule has 1 aliphatic heterocycles. The van der Waals surface area contributed by atoms with Crippen LogP contribution >= 0.6 is 0 Å². The van der Waals surface area contributed by atoms with E-state index in [9.17, 15) is 0 Å². The van der Waals surface area contributed by atoms with E-state index in [-0.39, 0.29) is 5.60 Å². The maximum atomic E-state index is 6.40. The Bertz CT molecular complexity index is 460. The van der Waals surface area contributed by atoms with Crippen LogP contribution in [-0.2, 0) is 11.3 Å². The van der Waals surface area contributed by atoms with Crippen molar-refractivity contribution >= 4 is 5.69 Å². The first-order valence-electron chi connectivity index (χ1n) is 7.57. The van der Waals surface area contributed by atoms with Crippen LogP contribution in [0.3, 0.4) is 0 Å². The van der Waals surface area contributed by atoms with Crippen LogP contribution < -0.4 is 5.73 Å². The van der Waals surface area contributed by atoms with Crippen LogP contribution in [0.25, 0.3) is 0 Å². The fourth-order valence-electron chi connectivity index (χ4n) is 3.67. The van der Waals surface area contributed by atoms with E-state index in [1.54, 1.807) is 0 Å². The molecule has 2 heterocycles. The molecular formula is C15H25N3O. The Kier molecular flexibility index (Phi) is 3.29. The monoisotopic (exact) mass is 263 g/mol. The highest BCUT2D eigenvalue weighted by atomic mass is 16.5. The van der Waals surface area contributed by atoms with Crippen molar-refractivity contribution < 1.29 is 4.74 Å². The summed E-state index contributed by atoms with van der Waals surface area (Å²) in [5, 5.41) is 4.52. The molecule has 3 rings (SSSR count). The lowest BCUT2D eigenvalue weighted by atomic mass is 9.83. The Labute approximate surface area is 115 Å². The number of aromatic nitrogens is 2. The van der Waals surface area contributed by atoms with Crippen LogP contribution in [0.4, 0.5) is 5.69 Å². The molecule has 1 saturated carbocycles. The minimum atomic E-state index is 0.199. The molecule has 0 bridgehead atoms. The molecule has 1 atom stereocenters. The first-order chi connectivity index (χ1) is 9.10. The van der Waals surface area contributed by atoms with Crippen LogP contribution in [0.1, 0.15) is 56.3 Å². The quantitative estimate of drug-likeness (QED) is 0.892. The van der Waals surface area contributed by atoms with Crippen molar-refractivity contribution in [1.82, 2.24) is 9.78 Å². The van der Waals surface area contributed by atoms with Crippen LogP contribution in [0, 0.1) is 13.8 Å². The highest BCUT2D eigenvalue weighted by Crippen LogP contribution is 2.42. The lowest BCUT2D eigenvalue weighted by molar-refractivity contribution is -0.0690. The van der Waals surface area contributed by atoms with Gasteiger partial charge in [0.05, 0.1) is 35.3 Å². The van der Waals surface area contributed by atoms with Gasteiger partial charge in [-0.25, -0.2) is 0 Å². The van der Waals surface area contributed by atoms with Crippen molar-refractivity contribution in [3.8, 4) is 0 Å². The average molecular weight is 263 g/mol. The number of aryl methyl sites for hydroxylation is 1. The molecule has 0 radical (unpaired) electrons. The molecule has 4 heteroatoms. The lowest BCUT2D eigenvalue weighted by Gasteiger charge is -2.33. The Morgan fingerprint density at radius 1 is 1.26 bits per heavy atom. The molecule has 1 aliphatic carbocycles. The van der Waals surface area contributed by atoms with Gasteiger partial charge in [-0.15, -0.1) is 0 Å². The predicted molar refractivity (Wildman–Crippen MR) is 76.0 cm³/mol. The van der Waals surface area contributed by atoms with Crippen LogP contribution in [0.5, 0.6) is 0 Å². The van der Waals surface area contributed by atoms with E-state index in [1.807, 2.05) is 18.5 Å². The molecule has 1 aromatic rings. The van der Waals surface area contributed by atoms with Gasteiger partial charge in [-0.3, -0.25) is 4.68 Å². The maximum absolute atomic E-state index is 6.40. The summed E-state index contributed by atoms with van der Waals surface area (Å²) in [6.07, 6.45) is 9.26. The number of nitrogen functional groups attached to an aromatic ring is 1. The molecule has 19 heavy (non-hydrogen) atoms.